The number of amides is 1. The second kappa shape index (κ2) is 9.30. The van der Waals surface area contributed by atoms with Gasteiger partial charge in [-0.1, -0.05) is 24.3 Å². The number of halogens is 1. The van der Waals surface area contributed by atoms with Crippen molar-refractivity contribution in [3.05, 3.63) is 84.2 Å². The summed E-state index contributed by atoms with van der Waals surface area (Å²) in [4.78, 5) is 16.9. The number of benzene rings is 3. The van der Waals surface area contributed by atoms with Crippen molar-refractivity contribution in [2.45, 2.75) is 6.92 Å². The maximum absolute atomic E-state index is 13.9. The lowest BCUT2D eigenvalue weighted by atomic mass is 10.2. The van der Waals surface area contributed by atoms with Gasteiger partial charge in [0.15, 0.2) is 5.82 Å². The van der Waals surface area contributed by atoms with Gasteiger partial charge in [-0.25, -0.2) is 9.07 Å². The fourth-order valence-electron chi connectivity index (χ4n) is 3.14. The van der Waals surface area contributed by atoms with Gasteiger partial charge in [0.25, 0.3) is 5.91 Å². The Bertz CT molecular complexity index is 1240. The lowest BCUT2D eigenvalue weighted by Gasteiger charge is -2.09. The molecular formula is C24H21FN4O3. The van der Waals surface area contributed by atoms with E-state index in [0.29, 0.717) is 29.6 Å². The maximum atomic E-state index is 13.9. The molecule has 0 unspecified atom stereocenters. The minimum absolute atomic E-state index is 0.0190. The van der Waals surface area contributed by atoms with E-state index in [-0.39, 0.29) is 11.6 Å². The molecule has 32 heavy (non-hydrogen) atoms. The molecule has 0 radical (unpaired) electrons. The summed E-state index contributed by atoms with van der Waals surface area (Å²) in [5.41, 5.74) is 2.02. The zero-order chi connectivity index (χ0) is 22.5. The predicted molar refractivity (Wildman–Crippen MR) is 119 cm³/mol. The third kappa shape index (κ3) is 4.44. The van der Waals surface area contributed by atoms with Crippen molar-refractivity contribution in [2.75, 3.05) is 19.0 Å². The quantitative estimate of drug-likeness (QED) is 0.457. The number of ether oxygens (including phenoxy) is 2. The van der Waals surface area contributed by atoms with E-state index in [9.17, 15) is 9.18 Å². The Balaban J connectivity index is 1.63. The molecule has 4 aromatic rings. The van der Waals surface area contributed by atoms with Crippen LogP contribution in [0, 0.1) is 5.82 Å². The molecular weight excluding hydrogens is 411 g/mol. The van der Waals surface area contributed by atoms with E-state index in [1.54, 1.807) is 42.1 Å². The summed E-state index contributed by atoms with van der Waals surface area (Å²) >= 11 is 0. The Morgan fingerprint density at radius 3 is 2.56 bits per heavy atom. The van der Waals surface area contributed by atoms with Gasteiger partial charge < -0.3 is 14.8 Å². The molecule has 4 rings (SSSR count). The summed E-state index contributed by atoms with van der Waals surface area (Å²) in [6, 6.07) is 20.6. The van der Waals surface area contributed by atoms with Crippen LogP contribution in [0.25, 0.3) is 17.1 Å². The first-order valence-electron chi connectivity index (χ1n) is 9.99. The first-order chi connectivity index (χ1) is 15.6. The zero-order valence-electron chi connectivity index (χ0n) is 17.6. The van der Waals surface area contributed by atoms with Crippen LogP contribution in [-0.2, 0) is 0 Å². The van der Waals surface area contributed by atoms with E-state index in [0.717, 1.165) is 5.56 Å². The van der Waals surface area contributed by atoms with Crippen LogP contribution in [0.1, 0.15) is 17.3 Å². The van der Waals surface area contributed by atoms with Crippen molar-refractivity contribution in [1.82, 2.24) is 14.8 Å². The summed E-state index contributed by atoms with van der Waals surface area (Å²) in [7, 11) is 1.60. The number of hydrogen-bond acceptors (Lipinski definition) is 5. The van der Waals surface area contributed by atoms with Crippen LogP contribution < -0.4 is 14.8 Å². The van der Waals surface area contributed by atoms with Gasteiger partial charge in [0.05, 0.1) is 25.0 Å². The van der Waals surface area contributed by atoms with E-state index in [2.05, 4.69) is 15.4 Å². The fourth-order valence-corrected chi connectivity index (χ4v) is 3.14. The molecule has 0 aliphatic carbocycles. The molecule has 1 amide bonds. The molecule has 7 nitrogen and oxygen atoms in total. The van der Waals surface area contributed by atoms with Crippen LogP contribution in [-0.4, -0.2) is 34.4 Å². The van der Waals surface area contributed by atoms with Crippen molar-refractivity contribution in [2.24, 2.45) is 0 Å². The van der Waals surface area contributed by atoms with Crippen molar-refractivity contribution in [1.29, 1.82) is 0 Å². The molecule has 8 heteroatoms. The van der Waals surface area contributed by atoms with Crippen molar-refractivity contribution >= 4 is 11.6 Å². The lowest BCUT2D eigenvalue weighted by Crippen LogP contribution is -2.13. The van der Waals surface area contributed by atoms with Crippen LogP contribution in [0.15, 0.2) is 72.8 Å². The average molecular weight is 432 g/mol. The monoisotopic (exact) mass is 432 g/mol. The van der Waals surface area contributed by atoms with Gasteiger partial charge in [0.2, 0.25) is 0 Å². The Labute approximate surface area is 184 Å². The summed E-state index contributed by atoms with van der Waals surface area (Å²) in [5.74, 6) is 0.180. The van der Waals surface area contributed by atoms with E-state index >= 15 is 0 Å². The number of carbonyl (C=O) groups excluding carboxylic acids is 1. The number of aromatic nitrogens is 3. The Morgan fingerprint density at radius 1 is 1.06 bits per heavy atom. The predicted octanol–water partition coefficient (Wildman–Crippen LogP) is 4.73. The molecule has 162 valence electrons. The van der Waals surface area contributed by atoms with E-state index in [4.69, 9.17) is 9.47 Å². The second-order valence-electron chi connectivity index (χ2n) is 6.78. The van der Waals surface area contributed by atoms with Crippen LogP contribution in [0.2, 0.25) is 0 Å². The largest absolute Gasteiger partial charge is 0.497 e. The lowest BCUT2D eigenvalue weighted by molar-refractivity contribution is 0.102. The van der Waals surface area contributed by atoms with Gasteiger partial charge in [0.1, 0.15) is 11.6 Å². The molecule has 0 saturated carbocycles. The highest BCUT2D eigenvalue weighted by Gasteiger charge is 2.16. The van der Waals surface area contributed by atoms with Crippen LogP contribution in [0.3, 0.4) is 0 Å². The van der Waals surface area contributed by atoms with E-state index in [1.165, 1.54) is 18.2 Å². The van der Waals surface area contributed by atoms with Gasteiger partial charge in [-0.3, -0.25) is 4.79 Å². The van der Waals surface area contributed by atoms with Gasteiger partial charge >= 0.3 is 6.01 Å². The number of hydrogen-bond donors (Lipinski definition) is 1. The van der Waals surface area contributed by atoms with Gasteiger partial charge in [-0.15, -0.1) is 5.10 Å². The molecule has 0 aliphatic heterocycles. The molecule has 1 aromatic heterocycles. The molecule has 1 heterocycles. The number of rotatable bonds is 7. The number of nitrogens with zero attached hydrogens (tertiary/aromatic N) is 3. The summed E-state index contributed by atoms with van der Waals surface area (Å²) in [6.07, 6.45) is 0. The van der Waals surface area contributed by atoms with Crippen LogP contribution in [0.5, 0.6) is 11.8 Å². The molecule has 1 N–H and O–H groups in total. The van der Waals surface area contributed by atoms with Crippen molar-refractivity contribution in [3.63, 3.8) is 0 Å². The molecule has 0 spiro atoms. The van der Waals surface area contributed by atoms with Crippen LogP contribution in [0.4, 0.5) is 10.1 Å². The van der Waals surface area contributed by atoms with Crippen molar-refractivity contribution < 1.29 is 18.7 Å². The Kier molecular flexibility index (Phi) is 6.12. The number of nitrogens with one attached hydrogen (secondary N) is 1. The minimum Gasteiger partial charge on any atom is -0.497 e. The first-order valence-corrected chi connectivity index (χ1v) is 9.99. The average Bonchev–Trinajstić information content (AvgIpc) is 3.24. The summed E-state index contributed by atoms with van der Waals surface area (Å²) in [6.45, 7) is 2.29. The molecule has 0 bridgehead atoms. The Hall–Kier alpha value is -4.20. The molecule has 0 aliphatic rings. The third-order valence-electron chi connectivity index (χ3n) is 4.68. The smallest absolute Gasteiger partial charge is 0.336 e. The normalized spacial score (nSPS) is 10.6. The standard InChI is InChI=1S/C24H21FN4O3/c1-3-32-24-27-22(16-7-6-8-19(15-16)31-2)29(28-24)18-13-11-17(12-14-18)26-23(30)20-9-4-5-10-21(20)25/h4-15H,3H2,1-2H3,(H,26,30). The number of carbonyl (C=O) groups is 1. The van der Waals surface area contributed by atoms with Gasteiger partial charge in [-0.2, -0.15) is 4.98 Å². The Morgan fingerprint density at radius 2 is 1.84 bits per heavy atom. The summed E-state index contributed by atoms with van der Waals surface area (Å²) in [5, 5.41) is 7.16. The van der Waals surface area contributed by atoms with Gasteiger partial charge in [-0.05, 0) is 55.5 Å². The maximum Gasteiger partial charge on any atom is 0.336 e. The van der Waals surface area contributed by atoms with Crippen molar-refractivity contribution in [3.8, 4) is 28.8 Å². The second-order valence-corrected chi connectivity index (χ2v) is 6.78. The highest BCUT2D eigenvalue weighted by Crippen LogP contribution is 2.27. The van der Waals surface area contributed by atoms with E-state index < -0.39 is 11.7 Å². The fraction of sp³-hybridized carbons (Fsp3) is 0.125. The number of anilines is 1. The summed E-state index contributed by atoms with van der Waals surface area (Å²) < 4.78 is 26.3. The highest BCUT2D eigenvalue weighted by molar-refractivity contribution is 6.04. The zero-order valence-corrected chi connectivity index (χ0v) is 17.6. The van der Waals surface area contributed by atoms with Crippen LogP contribution >= 0.6 is 0 Å². The molecule has 0 atom stereocenters. The van der Waals surface area contributed by atoms with E-state index in [1.807, 2.05) is 31.2 Å². The minimum atomic E-state index is -0.573. The first kappa shape index (κ1) is 21.0. The van der Waals surface area contributed by atoms with Gasteiger partial charge in [0, 0.05) is 11.3 Å². The molecule has 3 aromatic carbocycles. The molecule has 0 fully saturated rings. The third-order valence-corrected chi connectivity index (χ3v) is 4.68. The number of methoxy groups -OCH3 is 1. The highest BCUT2D eigenvalue weighted by atomic mass is 19.1. The SMILES string of the molecule is CCOc1nc(-c2cccc(OC)c2)n(-c2ccc(NC(=O)c3ccccc3F)cc2)n1. The molecule has 0 saturated heterocycles. The topological polar surface area (TPSA) is 78.3 Å².